The number of pyridine rings is 3. The van der Waals surface area contributed by atoms with Gasteiger partial charge in [0, 0.05) is 44.5 Å². The van der Waals surface area contributed by atoms with Crippen molar-refractivity contribution in [2.45, 2.75) is 19.9 Å². The molecule has 3 aromatic rings. The van der Waals surface area contributed by atoms with Crippen LogP contribution in [0, 0.1) is 0 Å². The molecule has 0 aromatic carbocycles. The van der Waals surface area contributed by atoms with E-state index in [1.807, 2.05) is 31.3 Å². The third kappa shape index (κ3) is 3.80. The van der Waals surface area contributed by atoms with Gasteiger partial charge < -0.3 is 9.88 Å². The van der Waals surface area contributed by atoms with Gasteiger partial charge in [-0.1, -0.05) is 6.92 Å². The van der Waals surface area contributed by atoms with Gasteiger partial charge in [0.05, 0.1) is 22.9 Å². The van der Waals surface area contributed by atoms with Crippen LogP contribution in [-0.4, -0.2) is 52.3 Å². The predicted molar refractivity (Wildman–Crippen MR) is 109 cm³/mol. The fourth-order valence-corrected chi connectivity index (χ4v) is 3.59. The number of rotatable bonds is 5. The van der Waals surface area contributed by atoms with Crippen LogP contribution in [0.2, 0.25) is 0 Å². The van der Waals surface area contributed by atoms with Gasteiger partial charge in [0.2, 0.25) is 0 Å². The van der Waals surface area contributed by atoms with Crippen LogP contribution in [0.1, 0.15) is 28.5 Å². The molecule has 0 spiro atoms. The third-order valence-corrected chi connectivity index (χ3v) is 5.24. The van der Waals surface area contributed by atoms with Crippen LogP contribution in [0.15, 0.2) is 41.5 Å². The van der Waals surface area contributed by atoms with Gasteiger partial charge in [-0.25, -0.2) is 0 Å². The van der Waals surface area contributed by atoms with Crippen LogP contribution in [0.25, 0.3) is 11.0 Å². The molecule has 1 aliphatic rings. The van der Waals surface area contributed by atoms with E-state index in [1.54, 1.807) is 12.3 Å². The summed E-state index contributed by atoms with van der Waals surface area (Å²) in [5.41, 5.74) is 4.95. The van der Waals surface area contributed by atoms with E-state index in [-0.39, 0.29) is 5.56 Å². The van der Waals surface area contributed by atoms with Gasteiger partial charge in [-0.15, -0.1) is 0 Å². The van der Waals surface area contributed by atoms with Crippen molar-refractivity contribution in [3.63, 3.8) is 0 Å². The average molecular weight is 377 g/mol. The summed E-state index contributed by atoms with van der Waals surface area (Å²) in [7, 11) is 0. The zero-order chi connectivity index (χ0) is 19.5. The van der Waals surface area contributed by atoms with Gasteiger partial charge in [0.1, 0.15) is 5.69 Å². The highest BCUT2D eigenvalue weighted by Gasteiger charge is 2.18. The molecule has 4 rings (SSSR count). The first-order valence-corrected chi connectivity index (χ1v) is 9.55. The number of nitrogens with one attached hydrogen (secondary N) is 1. The quantitative estimate of drug-likeness (QED) is 0.685. The molecule has 0 amide bonds. The minimum Gasteiger partial charge on any atom is -0.368 e. The molecular formula is C21H23N5O2. The van der Waals surface area contributed by atoms with E-state index in [2.05, 4.69) is 24.8 Å². The lowest BCUT2D eigenvalue weighted by Crippen LogP contribution is -2.46. The summed E-state index contributed by atoms with van der Waals surface area (Å²) in [5, 5.41) is 0. The van der Waals surface area contributed by atoms with E-state index in [4.69, 9.17) is 0 Å². The zero-order valence-corrected chi connectivity index (χ0v) is 15.9. The lowest BCUT2D eigenvalue weighted by molar-refractivity contribution is 0.111. The first-order valence-electron chi connectivity index (χ1n) is 9.55. The topological polar surface area (TPSA) is 82.2 Å². The van der Waals surface area contributed by atoms with E-state index in [0.29, 0.717) is 12.1 Å². The summed E-state index contributed by atoms with van der Waals surface area (Å²) in [6.45, 7) is 6.44. The number of hydrogen-bond donors (Lipinski definition) is 1. The number of piperazine rings is 1. The summed E-state index contributed by atoms with van der Waals surface area (Å²) < 4.78 is 0. The molecule has 0 atom stereocenters. The molecule has 1 aliphatic heterocycles. The number of nitrogens with zero attached hydrogens (tertiary/aromatic N) is 4. The van der Waals surface area contributed by atoms with Gasteiger partial charge in [0.15, 0.2) is 6.29 Å². The molecule has 0 saturated carbocycles. The maximum atomic E-state index is 12.1. The highest BCUT2D eigenvalue weighted by Crippen LogP contribution is 2.17. The van der Waals surface area contributed by atoms with Crippen LogP contribution >= 0.6 is 0 Å². The van der Waals surface area contributed by atoms with Crippen molar-refractivity contribution in [1.82, 2.24) is 19.9 Å². The zero-order valence-electron chi connectivity index (χ0n) is 15.9. The van der Waals surface area contributed by atoms with Crippen molar-refractivity contribution in [3.8, 4) is 0 Å². The van der Waals surface area contributed by atoms with Gasteiger partial charge in [-0.05, 0) is 36.2 Å². The second-order valence-corrected chi connectivity index (χ2v) is 7.08. The predicted octanol–water partition coefficient (Wildman–Crippen LogP) is 2.02. The minimum atomic E-state index is -0.0308. The maximum Gasteiger partial charge on any atom is 0.251 e. The number of fused-ring (bicyclic) bond motifs is 1. The monoisotopic (exact) mass is 377 g/mol. The van der Waals surface area contributed by atoms with Crippen LogP contribution in [0.5, 0.6) is 0 Å². The second kappa shape index (κ2) is 7.90. The molecule has 144 valence electrons. The van der Waals surface area contributed by atoms with Crippen molar-refractivity contribution >= 4 is 23.0 Å². The van der Waals surface area contributed by atoms with Crippen LogP contribution in [0.4, 0.5) is 5.69 Å². The highest BCUT2D eigenvalue weighted by atomic mass is 16.1. The minimum absolute atomic E-state index is 0.0308. The molecule has 1 N–H and O–H groups in total. The molecule has 0 unspecified atom stereocenters. The fraction of sp³-hybridized carbons (Fsp3) is 0.333. The van der Waals surface area contributed by atoms with Crippen molar-refractivity contribution < 1.29 is 4.79 Å². The molecule has 7 nitrogen and oxygen atoms in total. The van der Waals surface area contributed by atoms with Crippen molar-refractivity contribution in [2.75, 3.05) is 31.1 Å². The van der Waals surface area contributed by atoms with E-state index < -0.39 is 0 Å². The van der Waals surface area contributed by atoms with Crippen LogP contribution in [0.3, 0.4) is 0 Å². The Morgan fingerprint density at radius 3 is 2.61 bits per heavy atom. The molecule has 7 heteroatoms. The summed E-state index contributed by atoms with van der Waals surface area (Å²) in [5.74, 6) is 0. The molecule has 0 radical (unpaired) electrons. The largest absolute Gasteiger partial charge is 0.368 e. The van der Waals surface area contributed by atoms with E-state index in [9.17, 15) is 9.59 Å². The number of carbonyl (C=O) groups is 1. The number of H-pyrrole nitrogens is 1. The molecule has 1 saturated heterocycles. The van der Waals surface area contributed by atoms with Crippen molar-refractivity contribution in [2.24, 2.45) is 0 Å². The number of anilines is 1. The van der Waals surface area contributed by atoms with Crippen molar-refractivity contribution in [3.05, 3.63) is 63.8 Å². The summed E-state index contributed by atoms with van der Waals surface area (Å²) in [6.07, 6.45) is 5.12. The van der Waals surface area contributed by atoms with Crippen LogP contribution in [-0.2, 0) is 13.0 Å². The van der Waals surface area contributed by atoms with E-state index in [0.717, 1.165) is 66.9 Å². The first-order chi connectivity index (χ1) is 13.7. The van der Waals surface area contributed by atoms with E-state index >= 15 is 0 Å². The molecule has 3 aromatic heterocycles. The molecule has 1 fully saturated rings. The number of aldehydes is 1. The van der Waals surface area contributed by atoms with Gasteiger partial charge in [-0.2, -0.15) is 0 Å². The Bertz CT molecular complexity index is 1040. The smallest absolute Gasteiger partial charge is 0.251 e. The molecule has 0 aliphatic carbocycles. The van der Waals surface area contributed by atoms with Gasteiger partial charge in [-0.3, -0.25) is 24.5 Å². The SMILES string of the molecule is CCc1cc2ncc(CN3CCN(c4ccc(C=O)nc4)CC3)cc2[nH]c1=O. The number of aromatic nitrogens is 3. The number of hydrogen-bond acceptors (Lipinski definition) is 6. The lowest BCUT2D eigenvalue weighted by Gasteiger charge is -2.35. The van der Waals surface area contributed by atoms with Gasteiger partial charge in [0.25, 0.3) is 5.56 Å². The average Bonchev–Trinajstić information content (AvgIpc) is 2.74. The Hall–Kier alpha value is -3.06. The number of aryl methyl sites for hydroxylation is 1. The second-order valence-electron chi connectivity index (χ2n) is 7.08. The molecule has 4 heterocycles. The standard InChI is InChI=1S/C21H23N5O2/c1-2-16-10-19-20(24-21(16)28)9-15(11-23-19)13-25-5-7-26(8-6-25)18-4-3-17(14-27)22-12-18/h3-4,9-12,14H,2,5-8,13H2,1H3,(H,24,28). The Morgan fingerprint density at radius 1 is 1.11 bits per heavy atom. The summed E-state index contributed by atoms with van der Waals surface area (Å²) in [4.78, 5) is 39.1. The lowest BCUT2D eigenvalue weighted by atomic mass is 10.1. The summed E-state index contributed by atoms with van der Waals surface area (Å²) in [6, 6.07) is 7.60. The normalized spacial score (nSPS) is 15.1. The Kier molecular flexibility index (Phi) is 5.16. The fourth-order valence-electron chi connectivity index (χ4n) is 3.59. The van der Waals surface area contributed by atoms with Gasteiger partial charge >= 0.3 is 0 Å². The third-order valence-electron chi connectivity index (χ3n) is 5.24. The Morgan fingerprint density at radius 2 is 1.93 bits per heavy atom. The molecular weight excluding hydrogens is 354 g/mol. The van der Waals surface area contributed by atoms with Crippen LogP contribution < -0.4 is 10.5 Å². The Balaban J connectivity index is 1.41. The number of carbonyl (C=O) groups excluding carboxylic acids is 1. The Labute approximate surface area is 163 Å². The number of aromatic amines is 1. The van der Waals surface area contributed by atoms with Crippen molar-refractivity contribution in [1.29, 1.82) is 0 Å². The van der Waals surface area contributed by atoms with E-state index in [1.165, 1.54) is 0 Å². The molecule has 28 heavy (non-hydrogen) atoms. The molecule has 0 bridgehead atoms. The summed E-state index contributed by atoms with van der Waals surface area (Å²) >= 11 is 0. The maximum absolute atomic E-state index is 12.1. The first kappa shape index (κ1) is 18.3. The highest BCUT2D eigenvalue weighted by molar-refractivity contribution is 5.75.